The number of aliphatic hydroxyl groups excluding tert-OH is 1. The number of aromatic carboxylic acids is 1. The Morgan fingerprint density at radius 3 is 2.52 bits per heavy atom. The summed E-state index contributed by atoms with van der Waals surface area (Å²) >= 11 is 11.5. The van der Waals surface area contributed by atoms with Crippen LogP contribution in [0.1, 0.15) is 10.4 Å². The third-order valence-electron chi connectivity index (χ3n) is 2.41. The van der Waals surface area contributed by atoms with E-state index in [9.17, 15) is 18.3 Å². The highest BCUT2D eigenvalue weighted by atomic mass is 35.5. The number of carboxylic acids is 1. The second-order valence-electron chi connectivity index (χ2n) is 4.03. The monoisotopic (exact) mass is 357 g/mol. The molecule has 21 heavy (non-hydrogen) atoms. The summed E-state index contributed by atoms with van der Waals surface area (Å²) < 4.78 is 30.9. The van der Waals surface area contributed by atoms with Crippen molar-refractivity contribution in [3.05, 3.63) is 27.7 Å². The van der Waals surface area contributed by atoms with Crippen molar-refractivity contribution in [2.24, 2.45) is 0 Å². The molecule has 0 bridgehead atoms. The number of sulfonamides is 1. The molecule has 0 saturated carbocycles. The van der Waals surface area contributed by atoms with Crippen LogP contribution in [0.5, 0.6) is 0 Å². The van der Waals surface area contributed by atoms with Crippen LogP contribution in [0.4, 0.5) is 0 Å². The van der Waals surface area contributed by atoms with E-state index in [-0.39, 0.29) is 28.8 Å². The van der Waals surface area contributed by atoms with Crippen LogP contribution in [0.3, 0.4) is 0 Å². The number of halogens is 2. The molecule has 0 heterocycles. The Hall–Kier alpha value is -0.900. The second kappa shape index (κ2) is 7.39. The summed E-state index contributed by atoms with van der Waals surface area (Å²) in [5, 5.41) is 18.0. The molecule has 1 unspecified atom stereocenters. The Bertz CT molecular complexity index is 634. The van der Waals surface area contributed by atoms with Gasteiger partial charge in [-0.3, -0.25) is 0 Å². The van der Waals surface area contributed by atoms with Gasteiger partial charge in [0.25, 0.3) is 0 Å². The largest absolute Gasteiger partial charge is 0.478 e. The zero-order valence-corrected chi connectivity index (χ0v) is 13.2. The highest BCUT2D eigenvalue weighted by molar-refractivity contribution is 7.89. The number of benzene rings is 1. The molecule has 0 fully saturated rings. The van der Waals surface area contributed by atoms with Crippen molar-refractivity contribution in [2.75, 3.05) is 20.3 Å². The van der Waals surface area contributed by atoms with Crippen LogP contribution in [0.25, 0.3) is 0 Å². The van der Waals surface area contributed by atoms with Crippen molar-refractivity contribution >= 4 is 39.2 Å². The minimum Gasteiger partial charge on any atom is -0.478 e. The smallest absolute Gasteiger partial charge is 0.337 e. The van der Waals surface area contributed by atoms with Crippen molar-refractivity contribution < 1.29 is 28.2 Å². The van der Waals surface area contributed by atoms with Crippen molar-refractivity contribution in [3.63, 3.8) is 0 Å². The second-order valence-corrected chi connectivity index (χ2v) is 6.58. The number of nitrogens with one attached hydrogen (secondary N) is 1. The zero-order chi connectivity index (χ0) is 16.2. The van der Waals surface area contributed by atoms with Gasteiger partial charge in [-0.15, -0.1) is 0 Å². The van der Waals surface area contributed by atoms with Crippen molar-refractivity contribution in [1.29, 1.82) is 0 Å². The molecular formula is C11H13Cl2NO6S. The molecular weight excluding hydrogens is 345 g/mol. The van der Waals surface area contributed by atoms with Gasteiger partial charge in [-0.25, -0.2) is 17.9 Å². The molecule has 0 aliphatic rings. The Kier molecular flexibility index (Phi) is 6.39. The number of methoxy groups -OCH3 is 1. The highest BCUT2D eigenvalue weighted by Gasteiger charge is 2.23. The molecule has 0 amide bonds. The first kappa shape index (κ1) is 18.1. The molecule has 0 aromatic heterocycles. The van der Waals surface area contributed by atoms with Gasteiger partial charge in [-0.2, -0.15) is 0 Å². The molecule has 1 rings (SSSR count). The van der Waals surface area contributed by atoms with Crippen molar-refractivity contribution in [3.8, 4) is 0 Å². The lowest BCUT2D eigenvalue weighted by Crippen LogP contribution is -2.34. The van der Waals surface area contributed by atoms with Crippen LogP contribution in [-0.4, -0.2) is 51.0 Å². The molecule has 1 atom stereocenters. The van der Waals surface area contributed by atoms with Crippen LogP contribution in [-0.2, 0) is 14.8 Å². The molecule has 0 radical (unpaired) electrons. The van der Waals surface area contributed by atoms with Gasteiger partial charge in [0.1, 0.15) is 4.90 Å². The highest BCUT2D eigenvalue weighted by Crippen LogP contribution is 2.28. The fraction of sp³-hybridized carbons (Fsp3) is 0.364. The van der Waals surface area contributed by atoms with Crippen LogP contribution >= 0.6 is 23.2 Å². The van der Waals surface area contributed by atoms with Gasteiger partial charge in [0.05, 0.1) is 28.3 Å². The average Bonchev–Trinajstić information content (AvgIpc) is 2.36. The van der Waals surface area contributed by atoms with Gasteiger partial charge in [-0.05, 0) is 12.1 Å². The lowest BCUT2D eigenvalue weighted by atomic mass is 10.2. The Morgan fingerprint density at radius 2 is 2.00 bits per heavy atom. The molecule has 0 saturated heterocycles. The van der Waals surface area contributed by atoms with Gasteiger partial charge in [-0.1, -0.05) is 23.2 Å². The van der Waals surface area contributed by atoms with E-state index in [1.807, 2.05) is 0 Å². The van der Waals surface area contributed by atoms with E-state index in [0.717, 1.165) is 12.1 Å². The maximum Gasteiger partial charge on any atom is 0.337 e. The predicted octanol–water partition coefficient (Wildman–Crippen LogP) is 0.977. The number of aliphatic hydroxyl groups is 1. The molecule has 3 N–H and O–H groups in total. The van der Waals surface area contributed by atoms with E-state index < -0.39 is 27.0 Å². The van der Waals surface area contributed by atoms with E-state index in [0.29, 0.717) is 0 Å². The molecule has 1 aromatic rings. The third kappa shape index (κ3) is 4.80. The number of hydrogen-bond acceptors (Lipinski definition) is 5. The van der Waals surface area contributed by atoms with Crippen LogP contribution < -0.4 is 4.72 Å². The zero-order valence-electron chi connectivity index (χ0n) is 10.8. The maximum absolute atomic E-state index is 12.1. The quantitative estimate of drug-likeness (QED) is 0.670. The fourth-order valence-corrected chi connectivity index (χ4v) is 3.36. The van der Waals surface area contributed by atoms with Crippen LogP contribution in [0, 0.1) is 0 Å². The van der Waals surface area contributed by atoms with E-state index in [1.165, 1.54) is 7.11 Å². The topological polar surface area (TPSA) is 113 Å². The Labute approximate surface area is 131 Å². The van der Waals surface area contributed by atoms with Crippen molar-refractivity contribution in [2.45, 2.75) is 11.0 Å². The summed E-state index contributed by atoms with van der Waals surface area (Å²) in [7, 11) is -2.74. The minimum atomic E-state index is -4.10. The first-order valence-corrected chi connectivity index (χ1v) is 7.82. The molecule has 0 spiro atoms. The van der Waals surface area contributed by atoms with E-state index in [4.69, 9.17) is 28.3 Å². The molecule has 7 nitrogen and oxygen atoms in total. The summed E-state index contributed by atoms with van der Waals surface area (Å²) in [5.74, 6) is -1.38. The summed E-state index contributed by atoms with van der Waals surface area (Å²) in [4.78, 5) is 10.5. The first-order valence-electron chi connectivity index (χ1n) is 5.58. The SMILES string of the molecule is COCC(O)CNS(=O)(=O)c1cc(C(=O)O)c(Cl)cc1Cl. The molecule has 10 heteroatoms. The normalized spacial score (nSPS) is 13.1. The fourth-order valence-electron chi connectivity index (χ4n) is 1.43. The Morgan fingerprint density at radius 1 is 1.38 bits per heavy atom. The number of ether oxygens (including phenoxy) is 1. The van der Waals surface area contributed by atoms with Gasteiger partial charge >= 0.3 is 5.97 Å². The molecule has 0 aliphatic carbocycles. The third-order valence-corrected chi connectivity index (χ3v) is 4.61. The van der Waals surface area contributed by atoms with E-state index >= 15 is 0 Å². The maximum atomic E-state index is 12.1. The van der Waals surface area contributed by atoms with E-state index in [1.54, 1.807) is 0 Å². The van der Waals surface area contributed by atoms with Crippen LogP contribution in [0.2, 0.25) is 10.0 Å². The summed E-state index contributed by atoms with van der Waals surface area (Å²) in [6, 6.07) is 1.89. The van der Waals surface area contributed by atoms with Gasteiger partial charge in [0, 0.05) is 13.7 Å². The standard InChI is InChI=1S/C11H13Cl2NO6S/c1-20-5-6(15)4-14-21(18,19)10-2-7(11(16)17)8(12)3-9(10)13/h2-3,6,14-15H,4-5H2,1H3,(H,16,17). The predicted molar refractivity (Wildman–Crippen MR) is 76.5 cm³/mol. The summed E-state index contributed by atoms with van der Waals surface area (Å²) in [6.45, 7) is -0.366. The molecule has 1 aromatic carbocycles. The number of carboxylic acid groups (broad SMARTS) is 1. The Balaban J connectivity index is 3.08. The van der Waals surface area contributed by atoms with E-state index in [2.05, 4.69) is 9.46 Å². The average molecular weight is 358 g/mol. The number of carbonyl (C=O) groups is 1. The summed E-state index contributed by atoms with van der Waals surface area (Å²) in [6.07, 6.45) is -1.05. The van der Waals surface area contributed by atoms with Crippen molar-refractivity contribution in [1.82, 2.24) is 4.72 Å². The summed E-state index contributed by atoms with van der Waals surface area (Å²) in [5.41, 5.74) is -0.390. The van der Waals surface area contributed by atoms with Crippen LogP contribution in [0.15, 0.2) is 17.0 Å². The first-order chi connectivity index (χ1) is 9.69. The number of hydrogen-bond donors (Lipinski definition) is 3. The van der Waals surface area contributed by atoms with Gasteiger partial charge in [0.15, 0.2) is 0 Å². The number of rotatable bonds is 7. The van der Waals surface area contributed by atoms with Gasteiger partial charge < -0.3 is 14.9 Å². The molecule has 118 valence electrons. The van der Waals surface area contributed by atoms with Gasteiger partial charge in [0.2, 0.25) is 10.0 Å². The lowest BCUT2D eigenvalue weighted by Gasteiger charge is -2.13. The lowest BCUT2D eigenvalue weighted by molar-refractivity contribution is 0.0678. The minimum absolute atomic E-state index is 0.0583. The molecule has 0 aliphatic heterocycles.